The molecule has 0 aromatic heterocycles. The van der Waals surface area contributed by atoms with E-state index >= 15 is 0 Å². The maximum Gasteiger partial charge on any atom is 0.249 e. The fraction of sp³-hybridized carbons (Fsp3) is 0.851. The van der Waals surface area contributed by atoms with Crippen LogP contribution >= 0.6 is 0 Å². The van der Waals surface area contributed by atoms with Crippen molar-refractivity contribution in [1.82, 2.24) is 5.32 Å². The van der Waals surface area contributed by atoms with Crippen molar-refractivity contribution in [3.8, 4) is 0 Å². The number of unbranched alkanes of at least 4 members (excludes halogenated alkanes) is 20. The Kier molecular flexibility index (Phi) is 34.8. The summed E-state index contributed by atoms with van der Waals surface area (Å²) in [5.74, 6) is -0.713. The number of aliphatic hydroxyl groups excluding tert-OH is 7. The van der Waals surface area contributed by atoms with Crippen molar-refractivity contribution >= 4 is 5.91 Å². The molecule has 9 atom stereocenters. The van der Waals surface area contributed by atoms with E-state index < -0.39 is 74.2 Å². The van der Waals surface area contributed by atoms with Gasteiger partial charge in [-0.25, -0.2) is 0 Å². The van der Waals surface area contributed by atoms with E-state index in [1.165, 1.54) is 96.3 Å². The standard InChI is InChI=1S/C47H87NO10/c1-3-5-7-9-11-13-15-17-19-21-22-24-26-28-30-32-34-39(50)42(52)38(37-57-47-45(55)44(54)43(53)41(36-49)58-47)48-46(56)40(51)35-33-31-29-27-25-23-20-18-16-14-12-10-8-6-4-2/h11,13,19,21,26,28,38-45,47,49-55H,3-10,12,14-18,20,22-25,27,29-37H2,1-2H3,(H,48,56)/b13-11+,21-19+,28-26+. The molecule has 1 rings (SSSR count). The third-order valence-electron chi connectivity index (χ3n) is 11.2. The number of carbonyl (C=O) groups excluding carboxylic acids is 1. The molecule has 1 amide bonds. The molecule has 0 radical (unpaired) electrons. The fourth-order valence-corrected chi connectivity index (χ4v) is 7.24. The first-order chi connectivity index (χ1) is 28.2. The molecule has 11 heteroatoms. The highest BCUT2D eigenvalue weighted by molar-refractivity contribution is 5.80. The third-order valence-corrected chi connectivity index (χ3v) is 11.2. The van der Waals surface area contributed by atoms with Crippen LogP contribution < -0.4 is 5.32 Å². The van der Waals surface area contributed by atoms with Crippen LogP contribution in [0.2, 0.25) is 0 Å². The fourth-order valence-electron chi connectivity index (χ4n) is 7.24. The van der Waals surface area contributed by atoms with Gasteiger partial charge in [0.15, 0.2) is 6.29 Å². The Balaban J connectivity index is 2.50. The Hall–Kier alpha value is -1.67. The Labute approximate surface area is 352 Å². The summed E-state index contributed by atoms with van der Waals surface area (Å²) in [6.45, 7) is 3.38. The number of aliphatic hydroxyl groups is 7. The first-order valence-corrected chi connectivity index (χ1v) is 23.4. The second-order valence-electron chi connectivity index (χ2n) is 16.5. The largest absolute Gasteiger partial charge is 0.394 e. The summed E-state index contributed by atoms with van der Waals surface area (Å²) in [7, 11) is 0. The highest BCUT2D eigenvalue weighted by atomic mass is 16.7. The van der Waals surface area contributed by atoms with Crippen molar-refractivity contribution < 1.29 is 50.0 Å². The zero-order chi connectivity index (χ0) is 42.6. The van der Waals surface area contributed by atoms with Crippen LogP contribution in [0.25, 0.3) is 0 Å². The van der Waals surface area contributed by atoms with Gasteiger partial charge in [0, 0.05) is 0 Å². The maximum absolute atomic E-state index is 13.1. The van der Waals surface area contributed by atoms with Crippen LogP contribution in [0.5, 0.6) is 0 Å². The molecular weight excluding hydrogens is 739 g/mol. The molecule has 1 aliphatic rings. The van der Waals surface area contributed by atoms with Gasteiger partial charge >= 0.3 is 0 Å². The molecule has 0 bridgehead atoms. The first kappa shape index (κ1) is 54.3. The van der Waals surface area contributed by atoms with Gasteiger partial charge in [0.25, 0.3) is 0 Å². The van der Waals surface area contributed by atoms with Gasteiger partial charge < -0.3 is 50.5 Å². The van der Waals surface area contributed by atoms with Crippen LogP contribution in [0, 0.1) is 0 Å². The van der Waals surface area contributed by atoms with Crippen molar-refractivity contribution in [2.24, 2.45) is 0 Å². The first-order valence-electron chi connectivity index (χ1n) is 23.4. The molecule has 11 nitrogen and oxygen atoms in total. The molecule has 1 heterocycles. The highest BCUT2D eigenvalue weighted by Crippen LogP contribution is 2.23. The number of carbonyl (C=O) groups is 1. The molecule has 1 aliphatic heterocycles. The summed E-state index contributed by atoms with van der Waals surface area (Å²) >= 11 is 0. The normalized spacial score (nSPS) is 22.3. The van der Waals surface area contributed by atoms with Crippen molar-refractivity contribution in [2.45, 2.75) is 242 Å². The van der Waals surface area contributed by atoms with Gasteiger partial charge in [-0.3, -0.25) is 4.79 Å². The zero-order valence-corrected chi connectivity index (χ0v) is 36.5. The van der Waals surface area contributed by atoms with Crippen LogP contribution in [0.3, 0.4) is 0 Å². The van der Waals surface area contributed by atoms with E-state index in [2.05, 4.69) is 55.6 Å². The summed E-state index contributed by atoms with van der Waals surface area (Å²) in [5.41, 5.74) is 0. The number of nitrogens with one attached hydrogen (secondary N) is 1. The van der Waals surface area contributed by atoms with Crippen LogP contribution in [0.15, 0.2) is 36.5 Å². The lowest BCUT2D eigenvalue weighted by atomic mass is 9.98. The van der Waals surface area contributed by atoms with Crippen LogP contribution in [0.1, 0.15) is 187 Å². The predicted octanol–water partition coefficient (Wildman–Crippen LogP) is 7.61. The lowest BCUT2D eigenvalue weighted by Gasteiger charge is -2.40. The zero-order valence-electron chi connectivity index (χ0n) is 36.5. The quantitative estimate of drug-likeness (QED) is 0.0227. The number of ether oxygens (including phenoxy) is 2. The van der Waals surface area contributed by atoms with E-state index in [1.54, 1.807) is 0 Å². The number of amides is 1. The van der Waals surface area contributed by atoms with Gasteiger partial charge in [0.05, 0.1) is 25.4 Å². The third kappa shape index (κ3) is 26.5. The van der Waals surface area contributed by atoms with Gasteiger partial charge in [-0.15, -0.1) is 0 Å². The van der Waals surface area contributed by atoms with Crippen molar-refractivity contribution in [3.63, 3.8) is 0 Å². The average Bonchev–Trinajstić information content (AvgIpc) is 3.22. The summed E-state index contributed by atoms with van der Waals surface area (Å²) in [5, 5.41) is 75.6. The topological polar surface area (TPSA) is 189 Å². The van der Waals surface area contributed by atoms with Crippen LogP contribution in [-0.2, 0) is 14.3 Å². The summed E-state index contributed by atoms with van der Waals surface area (Å²) in [4.78, 5) is 13.1. The Morgan fingerprint density at radius 3 is 1.53 bits per heavy atom. The SMILES string of the molecule is CCCCC/C=C/CC/C=C/CC/C=C/CCCC(O)C(O)C(COC1OC(CO)C(O)C(O)C1O)NC(=O)C(O)CCCCCCCCCCCCCCCCC. The van der Waals surface area contributed by atoms with Gasteiger partial charge in [-0.2, -0.15) is 0 Å². The molecule has 0 spiro atoms. The minimum atomic E-state index is -1.67. The number of hydrogen-bond donors (Lipinski definition) is 8. The maximum atomic E-state index is 13.1. The Morgan fingerprint density at radius 1 is 0.586 bits per heavy atom. The number of hydrogen-bond acceptors (Lipinski definition) is 10. The van der Waals surface area contributed by atoms with E-state index in [4.69, 9.17) is 9.47 Å². The van der Waals surface area contributed by atoms with Crippen molar-refractivity contribution in [3.05, 3.63) is 36.5 Å². The summed E-state index contributed by atoms with van der Waals surface area (Å²) in [6, 6.07) is -1.19. The minimum absolute atomic E-state index is 0.242. The van der Waals surface area contributed by atoms with Crippen LogP contribution in [-0.4, -0.2) is 110 Å². The second-order valence-corrected chi connectivity index (χ2v) is 16.5. The summed E-state index contributed by atoms with van der Waals surface area (Å²) in [6.07, 6.45) is 30.4. The van der Waals surface area contributed by atoms with E-state index in [-0.39, 0.29) is 12.8 Å². The molecule has 8 N–H and O–H groups in total. The molecule has 0 aromatic rings. The van der Waals surface area contributed by atoms with E-state index in [1.807, 2.05) is 0 Å². The number of allylic oxidation sites excluding steroid dienone is 6. The molecule has 1 fully saturated rings. The van der Waals surface area contributed by atoms with Crippen molar-refractivity contribution in [2.75, 3.05) is 13.2 Å². The second kappa shape index (κ2) is 37.1. The molecular formula is C47H87NO10. The highest BCUT2D eigenvalue weighted by Gasteiger charge is 2.44. The van der Waals surface area contributed by atoms with Crippen LogP contribution in [0.4, 0.5) is 0 Å². The lowest BCUT2D eigenvalue weighted by molar-refractivity contribution is -0.303. The average molecular weight is 826 g/mol. The summed E-state index contributed by atoms with van der Waals surface area (Å²) < 4.78 is 11.1. The van der Waals surface area contributed by atoms with Gasteiger partial charge in [0.2, 0.25) is 5.91 Å². The monoisotopic (exact) mass is 826 g/mol. The Bertz CT molecular complexity index is 1040. The molecule has 340 valence electrons. The molecule has 0 aliphatic carbocycles. The van der Waals surface area contributed by atoms with Gasteiger partial charge in [0.1, 0.15) is 36.6 Å². The Morgan fingerprint density at radius 2 is 1.03 bits per heavy atom. The van der Waals surface area contributed by atoms with Gasteiger partial charge in [-0.1, -0.05) is 159 Å². The van der Waals surface area contributed by atoms with Gasteiger partial charge in [-0.05, 0) is 64.2 Å². The van der Waals surface area contributed by atoms with E-state index in [9.17, 15) is 40.5 Å². The molecule has 58 heavy (non-hydrogen) atoms. The van der Waals surface area contributed by atoms with E-state index in [0.29, 0.717) is 19.3 Å². The predicted molar refractivity (Wildman–Crippen MR) is 233 cm³/mol. The van der Waals surface area contributed by atoms with Crippen molar-refractivity contribution in [1.29, 1.82) is 0 Å². The smallest absolute Gasteiger partial charge is 0.249 e. The molecule has 0 saturated carbocycles. The molecule has 0 aromatic carbocycles. The number of rotatable bonds is 38. The minimum Gasteiger partial charge on any atom is -0.394 e. The molecule has 9 unspecified atom stereocenters. The molecule has 1 saturated heterocycles. The van der Waals surface area contributed by atoms with E-state index in [0.717, 1.165) is 44.9 Å². The lowest BCUT2D eigenvalue weighted by Crippen LogP contribution is -2.60.